The molecule has 0 bridgehead atoms. The summed E-state index contributed by atoms with van der Waals surface area (Å²) < 4.78 is 10.7. The highest BCUT2D eigenvalue weighted by Gasteiger charge is 2.14. The molecule has 1 N–H and O–H groups in total. The van der Waals surface area contributed by atoms with Crippen LogP contribution in [0.3, 0.4) is 0 Å². The van der Waals surface area contributed by atoms with Gasteiger partial charge in [0.25, 0.3) is 0 Å². The molecule has 0 aliphatic rings. The van der Waals surface area contributed by atoms with Gasteiger partial charge in [0, 0.05) is 0 Å². The molecule has 4 nitrogen and oxygen atoms in total. The molecule has 2 aromatic carbocycles. The lowest BCUT2D eigenvalue weighted by Gasteiger charge is -2.24. The van der Waals surface area contributed by atoms with E-state index in [1.54, 1.807) is 14.2 Å². The van der Waals surface area contributed by atoms with Gasteiger partial charge in [-0.2, -0.15) is 0 Å². The normalized spacial score (nSPS) is 11.3. The molecule has 0 saturated carbocycles. The molecule has 0 amide bonds. The van der Waals surface area contributed by atoms with Crippen molar-refractivity contribution in [2.24, 2.45) is 0 Å². The lowest BCUT2D eigenvalue weighted by Crippen LogP contribution is -2.31. The lowest BCUT2D eigenvalue weighted by molar-refractivity contribution is 0.260. The summed E-state index contributed by atoms with van der Waals surface area (Å²) in [6, 6.07) is 16.9. The van der Waals surface area contributed by atoms with E-state index in [1.165, 1.54) is 49.9 Å². The molecule has 2 rings (SSSR count). The van der Waals surface area contributed by atoms with Gasteiger partial charge in [-0.15, -0.1) is 0 Å². The Hall–Kier alpha value is -2.04. The predicted molar refractivity (Wildman–Crippen MR) is 127 cm³/mol. The molecular weight excluding hydrogens is 372 g/mol. The summed E-state index contributed by atoms with van der Waals surface area (Å²) in [4.78, 5) is 2.63. The van der Waals surface area contributed by atoms with E-state index in [9.17, 15) is 0 Å². The molecule has 0 aliphatic carbocycles. The molecule has 0 fully saturated rings. The van der Waals surface area contributed by atoms with Crippen LogP contribution in [0.25, 0.3) is 0 Å². The van der Waals surface area contributed by atoms with Gasteiger partial charge >= 0.3 is 0 Å². The first kappa shape index (κ1) is 24.2. The van der Waals surface area contributed by atoms with Crippen molar-refractivity contribution in [3.05, 3.63) is 59.7 Å². The van der Waals surface area contributed by atoms with E-state index in [1.807, 2.05) is 24.3 Å². The SMILES string of the molecule is CCCCN(CCCC)CCCNC(c1ccc(OC)cc1)c1ccc(OC)cc1. The molecule has 0 unspecified atom stereocenters. The van der Waals surface area contributed by atoms with Gasteiger partial charge in [0.2, 0.25) is 0 Å². The fourth-order valence-electron chi connectivity index (χ4n) is 3.67. The number of rotatable bonds is 15. The van der Waals surface area contributed by atoms with E-state index in [2.05, 4.69) is 48.3 Å². The van der Waals surface area contributed by atoms with Crippen molar-refractivity contribution >= 4 is 0 Å². The minimum Gasteiger partial charge on any atom is -0.497 e. The van der Waals surface area contributed by atoms with Crippen molar-refractivity contribution in [3.8, 4) is 11.5 Å². The second-order valence-electron chi connectivity index (χ2n) is 7.84. The molecule has 0 atom stereocenters. The van der Waals surface area contributed by atoms with Crippen LogP contribution < -0.4 is 14.8 Å². The molecule has 0 spiro atoms. The maximum Gasteiger partial charge on any atom is 0.118 e. The number of nitrogens with one attached hydrogen (secondary N) is 1. The van der Waals surface area contributed by atoms with Crippen LogP contribution >= 0.6 is 0 Å². The molecule has 2 aromatic rings. The molecule has 0 radical (unpaired) electrons. The molecule has 0 aliphatic heterocycles. The van der Waals surface area contributed by atoms with Crippen molar-refractivity contribution < 1.29 is 9.47 Å². The van der Waals surface area contributed by atoms with Crippen molar-refractivity contribution in [1.29, 1.82) is 0 Å². The number of benzene rings is 2. The van der Waals surface area contributed by atoms with Crippen LogP contribution in [0.4, 0.5) is 0 Å². The van der Waals surface area contributed by atoms with Crippen LogP contribution in [0, 0.1) is 0 Å². The number of hydrogen-bond acceptors (Lipinski definition) is 4. The smallest absolute Gasteiger partial charge is 0.118 e. The van der Waals surface area contributed by atoms with E-state index in [0.717, 1.165) is 31.0 Å². The Kier molecular flexibility index (Phi) is 11.3. The number of hydrogen-bond donors (Lipinski definition) is 1. The Balaban J connectivity index is 2.01. The summed E-state index contributed by atoms with van der Waals surface area (Å²) in [6.45, 7) is 9.12. The Morgan fingerprint density at radius 3 is 1.53 bits per heavy atom. The molecule has 166 valence electrons. The highest BCUT2D eigenvalue weighted by Crippen LogP contribution is 2.26. The predicted octanol–water partition coefficient (Wildman–Crippen LogP) is 5.68. The summed E-state index contributed by atoms with van der Waals surface area (Å²) >= 11 is 0. The van der Waals surface area contributed by atoms with Gasteiger partial charge in [-0.25, -0.2) is 0 Å². The van der Waals surface area contributed by atoms with Crippen LogP contribution in [0.2, 0.25) is 0 Å². The van der Waals surface area contributed by atoms with Crippen LogP contribution in [0.15, 0.2) is 48.5 Å². The Morgan fingerprint density at radius 1 is 0.700 bits per heavy atom. The monoisotopic (exact) mass is 412 g/mol. The van der Waals surface area contributed by atoms with E-state index in [4.69, 9.17) is 9.47 Å². The van der Waals surface area contributed by atoms with E-state index in [-0.39, 0.29) is 6.04 Å². The summed E-state index contributed by atoms with van der Waals surface area (Å²) in [7, 11) is 3.41. The Morgan fingerprint density at radius 2 is 1.13 bits per heavy atom. The molecule has 30 heavy (non-hydrogen) atoms. The molecule has 0 heterocycles. The van der Waals surface area contributed by atoms with E-state index >= 15 is 0 Å². The molecular formula is C26H40N2O2. The standard InChI is InChI=1S/C26H40N2O2/c1-5-7-19-28(20-8-6-2)21-9-18-27-26(22-10-14-24(29-3)15-11-22)23-12-16-25(30-4)17-13-23/h10-17,26-27H,5-9,18-21H2,1-4H3. The summed E-state index contributed by atoms with van der Waals surface area (Å²) in [5.41, 5.74) is 2.49. The zero-order valence-corrected chi connectivity index (χ0v) is 19.3. The molecule has 0 saturated heterocycles. The zero-order valence-electron chi connectivity index (χ0n) is 19.3. The largest absolute Gasteiger partial charge is 0.497 e. The minimum absolute atomic E-state index is 0.154. The van der Waals surface area contributed by atoms with Gasteiger partial charge in [-0.3, -0.25) is 0 Å². The fraction of sp³-hybridized carbons (Fsp3) is 0.538. The highest BCUT2D eigenvalue weighted by molar-refractivity contribution is 5.37. The third-order valence-electron chi connectivity index (χ3n) is 5.55. The number of ether oxygens (including phenoxy) is 2. The lowest BCUT2D eigenvalue weighted by atomic mass is 9.98. The maximum absolute atomic E-state index is 5.33. The van der Waals surface area contributed by atoms with Gasteiger partial charge in [-0.05, 0) is 80.8 Å². The van der Waals surface area contributed by atoms with Crippen LogP contribution in [-0.4, -0.2) is 45.3 Å². The van der Waals surface area contributed by atoms with Gasteiger partial charge in [0.1, 0.15) is 11.5 Å². The average molecular weight is 413 g/mol. The summed E-state index contributed by atoms with van der Waals surface area (Å²) in [5.74, 6) is 1.77. The molecule has 0 aromatic heterocycles. The Labute approximate surface area is 183 Å². The van der Waals surface area contributed by atoms with Gasteiger partial charge in [0.15, 0.2) is 0 Å². The minimum atomic E-state index is 0.154. The van der Waals surface area contributed by atoms with Crippen LogP contribution in [0.5, 0.6) is 11.5 Å². The second kappa shape index (κ2) is 14.1. The van der Waals surface area contributed by atoms with Crippen molar-refractivity contribution in [1.82, 2.24) is 10.2 Å². The van der Waals surface area contributed by atoms with Crippen LogP contribution in [-0.2, 0) is 0 Å². The fourth-order valence-corrected chi connectivity index (χ4v) is 3.67. The van der Waals surface area contributed by atoms with Crippen LogP contribution in [0.1, 0.15) is 63.1 Å². The second-order valence-corrected chi connectivity index (χ2v) is 7.84. The quantitative estimate of drug-likeness (QED) is 0.382. The third-order valence-corrected chi connectivity index (χ3v) is 5.55. The third kappa shape index (κ3) is 8.00. The first-order valence-electron chi connectivity index (χ1n) is 11.4. The highest BCUT2D eigenvalue weighted by atomic mass is 16.5. The van der Waals surface area contributed by atoms with Crippen molar-refractivity contribution in [2.45, 2.75) is 52.0 Å². The van der Waals surface area contributed by atoms with Crippen molar-refractivity contribution in [3.63, 3.8) is 0 Å². The van der Waals surface area contributed by atoms with Gasteiger partial charge in [-0.1, -0.05) is 51.0 Å². The number of methoxy groups -OCH3 is 2. The van der Waals surface area contributed by atoms with Gasteiger partial charge in [0.05, 0.1) is 20.3 Å². The topological polar surface area (TPSA) is 33.7 Å². The summed E-state index contributed by atoms with van der Waals surface area (Å²) in [5, 5.41) is 3.79. The maximum atomic E-state index is 5.33. The Bertz CT molecular complexity index is 630. The van der Waals surface area contributed by atoms with E-state index in [0.29, 0.717) is 0 Å². The van der Waals surface area contributed by atoms with Gasteiger partial charge < -0.3 is 19.7 Å². The molecule has 4 heteroatoms. The van der Waals surface area contributed by atoms with E-state index < -0.39 is 0 Å². The number of unbranched alkanes of at least 4 members (excludes halogenated alkanes) is 2. The first-order valence-corrected chi connectivity index (χ1v) is 11.4. The first-order chi connectivity index (χ1) is 14.7. The summed E-state index contributed by atoms with van der Waals surface area (Å²) in [6.07, 6.45) is 6.25. The van der Waals surface area contributed by atoms with Crippen molar-refractivity contribution in [2.75, 3.05) is 40.4 Å². The average Bonchev–Trinajstić information content (AvgIpc) is 2.80. The number of nitrogens with zero attached hydrogens (tertiary/aromatic N) is 1. The zero-order chi connectivity index (χ0) is 21.6.